The standard InChI is InChI=1S/C26H32N6O3S/c1-26(2,3)17-13-18-21(22(27)20(17)24(28)34)23(31-25(30-18)36-4)15-6-5-7-16(12-15)29-19(33)14-32-8-10-35-11-9-32/h5-7,12-13H,8-11,14,27H2,1-4H3,(H2,28,34)(H,29,33). The molecule has 36 heavy (non-hydrogen) atoms. The number of rotatable bonds is 6. The van der Waals surface area contributed by atoms with Gasteiger partial charge < -0.3 is 21.5 Å². The molecule has 2 amide bonds. The number of morpholine rings is 1. The van der Waals surface area contributed by atoms with Crippen LogP contribution >= 0.6 is 11.8 Å². The second kappa shape index (κ2) is 10.4. The van der Waals surface area contributed by atoms with Gasteiger partial charge in [0.25, 0.3) is 5.91 Å². The van der Waals surface area contributed by atoms with Gasteiger partial charge in [0.1, 0.15) is 0 Å². The molecule has 1 aliphatic rings. The number of carbonyl (C=O) groups excluding carboxylic acids is 2. The number of amides is 2. The van der Waals surface area contributed by atoms with Crippen molar-refractivity contribution in [2.75, 3.05) is 50.2 Å². The average Bonchev–Trinajstić information content (AvgIpc) is 2.83. The van der Waals surface area contributed by atoms with E-state index >= 15 is 0 Å². The largest absolute Gasteiger partial charge is 0.397 e. The van der Waals surface area contributed by atoms with E-state index in [1.807, 2.05) is 57.4 Å². The molecule has 0 aliphatic carbocycles. The van der Waals surface area contributed by atoms with Crippen molar-refractivity contribution in [3.8, 4) is 11.3 Å². The van der Waals surface area contributed by atoms with Crippen LogP contribution in [0.4, 0.5) is 11.4 Å². The van der Waals surface area contributed by atoms with E-state index in [0.717, 1.165) is 24.2 Å². The monoisotopic (exact) mass is 508 g/mol. The van der Waals surface area contributed by atoms with Crippen LogP contribution in [0.15, 0.2) is 35.5 Å². The van der Waals surface area contributed by atoms with Gasteiger partial charge in [-0.3, -0.25) is 14.5 Å². The lowest BCUT2D eigenvalue weighted by molar-refractivity contribution is -0.118. The maximum absolute atomic E-state index is 12.7. The summed E-state index contributed by atoms with van der Waals surface area (Å²) in [7, 11) is 0. The van der Waals surface area contributed by atoms with Gasteiger partial charge in [-0.2, -0.15) is 0 Å². The highest BCUT2D eigenvalue weighted by Crippen LogP contribution is 2.39. The minimum Gasteiger partial charge on any atom is -0.397 e. The van der Waals surface area contributed by atoms with Gasteiger partial charge in [0.15, 0.2) is 5.16 Å². The van der Waals surface area contributed by atoms with Crippen LogP contribution < -0.4 is 16.8 Å². The molecular weight excluding hydrogens is 476 g/mol. The lowest BCUT2D eigenvalue weighted by Crippen LogP contribution is -2.41. The van der Waals surface area contributed by atoms with Crippen molar-refractivity contribution in [3.05, 3.63) is 41.5 Å². The molecule has 0 saturated carbocycles. The predicted octanol–water partition coefficient (Wildman–Crippen LogP) is 3.27. The SMILES string of the molecule is CSc1nc(-c2cccc(NC(=O)CN3CCOCC3)c2)c2c(N)c(C(N)=O)c(C(C)(C)C)cc2n1. The molecule has 0 unspecified atom stereocenters. The van der Waals surface area contributed by atoms with E-state index in [9.17, 15) is 9.59 Å². The molecule has 4 rings (SSSR count). The Bertz CT molecular complexity index is 1320. The van der Waals surface area contributed by atoms with Gasteiger partial charge in [0.05, 0.1) is 47.6 Å². The Morgan fingerprint density at radius 1 is 1.17 bits per heavy atom. The summed E-state index contributed by atoms with van der Waals surface area (Å²) in [6, 6.07) is 9.30. The number of hydrogen-bond acceptors (Lipinski definition) is 8. The second-order valence-electron chi connectivity index (χ2n) is 9.80. The number of fused-ring (bicyclic) bond motifs is 1. The van der Waals surface area contributed by atoms with E-state index in [1.54, 1.807) is 0 Å². The summed E-state index contributed by atoms with van der Waals surface area (Å²) in [4.78, 5) is 36.6. The van der Waals surface area contributed by atoms with Crippen LogP contribution in [-0.4, -0.2) is 65.8 Å². The summed E-state index contributed by atoms with van der Waals surface area (Å²) < 4.78 is 5.35. The molecule has 1 aliphatic heterocycles. The van der Waals surface area contributed by atoms with Crippen LogP contribution in [0.3, 0.4) is 0 Å². The van der Waals surface area contributed by atoms with Gasteiger partial charge in [0.2, 0.25) is 5.91 Å². The van der Waals surface area contributed by atoms with E-state index in [-0.39, 0.29) is 22.6 Å². The topological polar surface area (TPSA) is 136 Å². The first-order valence-electron chi connectivity index (χ1n) is 11.8. The number of anilines is 2. The average molecular weight is 509 g/mol. The zero-order chi connectivity index (χ0) is 26.0. The summed E-state index contributed by atoms with van der Waals surface area (Å²) >= 11 is 1.42. The first-order valence-corrected chi connectivity index (χ1v) is 13.0. The molecule has 2 heterocycles. The highest BCUT2D eigenvalue weighted by atomic mass is 32.2. The van der Waals surface area contributed by atoms with Gasteiger partial charge in [-0.1, -0.05) is 44.7 Å². The molecule has 190 valence electrons. The molecule has 0 atom stereocenters. The maximum Gasteiger partial charge on any atom is 0.251 e. The molecule has 5 N–H and O–H groups in total. The molecule has 0 bridgehead atoms. The van der Waals surface area contributed by atoms with Crippen LogP contribution in [-0.2, 0) is 14.9 Å². The minimum atomic E-state index is -0.594. The Kier molecular flexibility index (Phi) is 7.49. The Morgan fingerprint density at radius 3 is 2.53 bits per heavy atom. The van der Waals surface area contributed by atoms with Gasteiger partial charge >= 0.3 is 0 Å². The number of benzene rings is 2. The molecule has 1 aromatic heterocycles. The zero-order valence-corrected chi connectivity index (χ0v) is 21.9. The third-order valence-corrected chi connectivity index (χ3v) is 6.68. The van der Waals surface area contributed by atoms with Crippen LogP contribution in [0, 0.1) is 0 Å². The summed E-state index contributed by atoms with van der Waals surface area (Å²) in [6.07, 6.45) is 1.90. The summed E-state index contributed by atoms with van der Waals surface area (Å²) in [5, 5.41) is 4.11. The summed E-state index contributed by atoms with van der Waals surface area (Å²) in [5.41, 5.74) is 15.9. The molecule has 2 aromatic carbocycles. The van der Waals surface area contributed by atoms with Crippen molar-refractivity contribution < 1.29 is 14.3 Å². The van der Waals surface area contributed by atoms with E-state index in [2.05, 4.69) is 15.2 Å². The number of thioether (sulfide) groups is 1. The fourth-order valence-corrected chi connectivity index (χ4v) is 4.74. The smallest absolute Gasteiger partial charge is 0.251 e. The van der Waals surface area contributed by atoms with Crippen molar-refractivity contribution >= 4 is 45.9 Å². The third-order valence-electron chi connectivity index (χ3n) is 6.13. The zero-order valence-electron chi connectivity index (χ0n) is 21.1. The van der Waals surface area contributed by atoms with Crippen molar-refractivity contribution in [1.29, 1.82) is 0 Å². The number of ether oxygens (including phenoxy) is 1. The van der Waals surface area contributed by atoms with Crippen molar-refractivity contribution in [1.82, 2.24) is 14.9 Å². The normalized spacial score (nSPS) is 14.7. The van der Waals surface area contributed by atoms with Crippen LogP contribution in [0.5, 0.6) is 0 Å². The van der Waals surface area contributed by atoms with Gasteiger partial charge in [-0.15, -0.1) is 0 Å². The molecule has 3 aromatic rings. The first-order chi connectivity index (χ1) is 17.1. The minimum absolute atomic E-state index is 0.100. The van der Waals surface area contributed by atoms with E-state index in [4.69, 9.17) is 21.2 Å². The number of hydrogen-bond donors (Lipinski definition) is 3. The van der Waals surface area contributed by atoms with Crippen LogP contribution in [0.25, 0.3) is 22.2 Å². The quantitative estimate of drug-likeness (QED) is 0.262. The van der Waals surface area contributed by atoms with Gasteiger partial charge in [-0.05, 0) is 35.4 Å². The highest BCUT2D eigenvalue weighted by Gasteiger charge is 2.27. The fourth-order valence-electron chi connectivity index (χ4n) is 4.37. The van der Waals surface area contributed by atoms with Gasteiger partial charge in [0, 0.05) is 24.3 Å². The molecule has 1 saturated heterocycles. The fraction of sp³-hybridized carbons (Fsp3) is 0.385. The Balaban J connectivity index is 1.79. The molecule has 0 spiro atoms. The first kappa shape index (κ1) is 25.9. The maximum atomic E-state index is 12.7. The lowest BCUT2D eigenvalue weighted by atomic mass is 9.81. The number of carbonyl (C=O) groups is 2. The predicted molar refractivity (Wildman–Crippen MR) is 144 cm³/mol. The number of nitrogens with one attached hydrogen (secondary N) is 1. The summed E-state index contributed by atoms with van der Waals surface area (Å²) in [6.45, 7) is 9.03. The van der Waals surface area contributed by atoms with Crippen molar-refractivity contribution in [2.45, 2.75) is 31.3 Å². The Morgan fingerprint density at radius 2 is 1.89 bits per heavy atom. The number of nitrogens with two attached hydrogens (primary N) is 2. The van der Waals surface area contributed by atoms with Crippen LogP contribution in [0.1, 0.15) is 36.7 Å². The molecule has 0 radical (unpaired) electrons. The number of nitrogen functional groups attached to an aromatic ring is 1. The molecule has 1 fully saturated rings. The van der Waals surface area contributed by atoms with E-state index < -0.39 is 5.91 Å². The van der Waals surface area contributed by atoms with Gasteiger partial charge in [-0.25, -0.2) is 9.97 Å². The number of nitrogens with zero attached hydrogens (tertiary/aromatic N) is 3. The Hall–Kier alpha value is -3.21. The number of primary amides is 1. The number of aromatic nitrogens is 2. The second-order valence-corrected chi connectivity index (χ2v) is 10.6. The molecule has 9 nitrogen and oxygen atoms in total. The van der Waals surface area contributed by atoms with Crippen molar-refractivity contribution in [2.24, 2.45) is 5.73 Å². The molecule has 10 heteroatoms. The van der Waals surface area contributed by atoms with E-state index in [1.165, 1.54) is 11.8 Å². The van der Waals surface area contributed by atoms with Crippen LogP contribution in [0.2, 0.25) is 0 Å². The lowest BCUT2D eigenvalue weighted by Gasteiger charge is -2.25. The van der Waals surface area contributed by atoms with Crippen molar-refractivity contribution in [3.63, 3.8) is 0 Å². The Labute approximate surface area is 215 Å². The molecular formula is C26H32N6O3S. The summed E-state index contributed by atoms with van der Waals surface area (Å²) in [5.74, 6) is -0.694. The highest BCUT2D eigenvalue weighted by molar-refractivity contribution is 7.98. The van der Waals surface area contributed by atoms with E-state index in [0.29, 0.717) is 47.2 Å². The third kappa shape index (κ3) is 5.45.